The molecule has 108 valence electrons. The number of ether oxygens (including phenoxy) is 2. The van der Waals surface area contributed by atoms with Crippen molar-refractivity contribution in [3.63, 3.8) is 0 Å². The van der Waals surface area contributed by atoms with Crippen molar-refractivity contribution in [2.75, 3.05) is 26.3 Å². The van der Waals surface area contributed by atoms with Gasteiger partial charge in [-0.25, -0.2) is 0 Å². The molecule has 0 aliphatic heterocycles. The molecule has 0 spiro atoms. The van der Waals surface area contributed by atoms with Gasteiger partial charge in [0, 0.05) is 0 Å². The number of nitrogens with one attached hydrogen (secondary N) is 1. The van der Waals surface area contributed by atoms with Gasteiger partial charge < -0.3 is 20.5 Å². The van der Waals surface area contributed by atoms with E-state index in [0.29, 0.717) is 31.1 Å². The Bertz CT molecular complexity index is 456. The van der Waals surface area contributed by atoms with Crippen molar-refractivity contribution in [2.45, 2.75) is 13.3 Å². The first-order chi connectivity index (χ1) is 9.72. The highest BCUT2D eigenvalue weighted by Gasteiger charge is 2.12. The highest BCUT2D eigenvalue weighted by molar-refractivity contribution is 5.77. The smallest absolute Gasteiger partial charge is 0.258 e. The number of nitrogens with two attached hydrogens (primary N) is 1. The Balaban J connectivity index is 2.79. The minimum absolute atomic E-state index is 0.108. The third-order valence-corrected chi connectivity index (χ3v) is 2.51. The van der Waals surface area contributed by atoms with E-state index < -0.39 is 0 Å². The number of hydrogen-bond donors (Lipinski definition) is 2. The molecule has 20 heavy (non-hydrogen) atoms. The van der Waals surface area contributed by atoms with Crippen LogP contribution in [-0.2, 0) is 11.2 Å². The molecule has 0 unspecified atom stereocenters. The van der Waals surface area contributed by atoms with Gasteiger partial charge in [0.15, 0.2) is 18.1 Å². The first-order valence-corrected chi connectivity index (χ1v) is 6.50. The van der Waals surface area contributed by atoms with E-state index >= 15 is 0 Å². The zero-order valence-corrected chi connectivity index (χ0v) is 11.6. The summed E-state index contributed by atoms with van der Waals surface area (Å²) < 4.78 is 11.1. The SMILES string of the molecule is C#CCNC(=O)COc1c(CCN)cccc1OCC. The molecule has 5 heteroatoms. The normalized spacial score (nSPS) is 9.65. The van der Waals surface area contributed by atoms with Gasteiger partial charge in [0.1, 0.15) is 0 Å². The van der Waals surface area contributed by atoms with E-state index in [1.54, 1.807) is 6.07 Å². The lowest BCUT2D eigenvalue weighted by Gasteiger charge is -2.15. The molecule has 0 atom stereocenters. The zero-order valence-electron chi connectivity index (χ0n) is 11.6. The largest absolute Gasteiger partial charge is 0.490 e. The molecule has 5 nitrogen and oxygen atoms in total. The van der Waals surface area contributed by atoms with Crippen LogP contribution >= 0.6 is 0 Å². The Morgan fingerprint density at radius 2 is 2.25 bits per heavy atom. The first-order valence-electron chi connectivity index (χ1n) is 6.50. The van der Waals surface area contributed by atoms with Crippen LogP contribution in [0, 0.1) is 12.3 Å². The second kappa shape index (κ2) is 8.83. The van der Waals surface area contributed by atoms with Crippen LogP contribution in [0.1, 0.15) is 12.5 Å². The van der Waals surface area contributed by atoms with Crippen molar-refractivity contribution >= 4 is 5.91 Å². The van der Waals surface area contributed by atoms with E-state index in [-0.39, 0.29) is 19.1 Å². The number of amides is 1. The van der Waals surface area contributed by atoms with Gasteiger partial charge in [0.25, 0.3) is 5.91 Å². The molecule has 0 fully saturated rings. The summed E-state index contributed by atoms with van der Waals surface area (Å²) in [7, 11) is 0. The summed E-state index contributed by atoms with van der Waals surface area (Å²) >= 11 is 0. The summed E-state index contributed by atoms with van der Waals surface area (Å²) in [6.45, 7) is 2.98. The summed E-state index contributed by atoms with van der Waals surface area (Å²) in [6, 6.07) is 5.59. The Hall–Kier alpha value is -2.19. The van der Waals surface area contributed by atoms with Crippen molar-refractivity contribution in [1.29, 1.82) is 0 Å². The fraction of sp³-hybridized carbons (Fsp3) is 0.400. The summed E-state index contributed by atoms with van der Waals surface area (Å²) in [4.78, 5) is 11.5. The number of benzene rings is 1. The van der Waals surface area contributed by atoms with E-state index in [2.05, 4.69) is 11.2 Å². The number of hydrogen-bond acceptors (Lipinski definition) is 4. The Morgan fingerprint density at radius 3 is 2.90 bits per heavy atom. The summed E-state index contributed by atoms with van der Waals surface area (Å²) in [6.07, 6.45) is 5.73. The Morgan fingerprint density at radius 1 is 1.45 bits per heavy atom. The van der Waals surface area contributed by atoms with Crippen LogP contribution in [0.25, 0.3) is 0 Å². The third-order valence-electron chi connectivity index (χ3n) is 2.51. The highest BCUT2D eigenvalue weighted by Crippen LogP contribution is 2.31. The minimum atomic E-state index is -0.270. The molecule has 1 aromatic carbocycles. The summed E-state index contributed by atoms with van der Waals surface area (Å²) in [5, 5.41) is 2.54. The van der Waals surface area contributed by atoms with Crippen molar-refractivity contribution in [3.8, 4) is 23.8 Å². The van der Waals surface area contributed by atoms with Gasteiger partial charge in [0.2, 0.25) is 0 Å². The van der Waals surface area contributed by atoms with E-state index in [0.717, 1.165) is 5.56 Å². The molecule has 1 amide bonds. The standard InChI is InChI=1S/C15H20N2O3/c1-3-10-17-14(18)11-20-15-12(8-9-16)6-5-7-13(15)19-4-2/h1,5-7H,4,8-11,16H2,2H3,(H,17,18). The average molecular weight is 276 g/mol. The maximum atomic E-state index is 11.5. The minimum Gasteiger partial charge on any atom is -0.490 e. The predicted octanol–water partition coefficient (Wildman–Crippen LogP) is 0.715. The third kappa shape index (κ3) is 4.82. The number of carbonyl (C=O) groups excluding carboxylic acids is 1. The quantitative estimate of drug-likeness (QED) is 0.686. The van der Waals surface area contributed by atoms with Crippen molar-refractivity contribution in [1.82, 2.24) is 5.32 Å². The lowest BCUT2D eigenvalue weighted by Crippen LogP contribution is -2.29. The topological polar surface area (TPSA) is 73.6 Å². The fourth-order valence-corrected chi connectivity index (χ4v) is 1.69. The molecular formula is C15H20N2O3. The van der Waals surface area contributed by atoms with E-state index in [4.69, 9.17) is 21.6 Å². The molecule has 1 rings (SSSR count). The second-order valence-electron chi connectivity index (χ2n) is 3.99. The molecule has 0 saturated carbocycles. The zero-order chi connectivity index (χ0) is 14.8. The van der Waals surface area contributed by atoms with Gasteiger partial charge in [-0.2, -0.15) is 0 Å². The van der Waals surface area contributed by atoms with Crippen molar-refractivity contribution in [2.24, 2.45) is 5.73 Å². The van der Waals surface area contributed by atoms with Gasteiger partial charge in [-0.15, -0.1) is 6.42 Å². The van der Waals surface area contributed by atoms with E-state index in [9.17, 15) is 4.79 Å². The van der Waals surface area contributed by atoms with Gasteiger partial charge in [-0.1, -0.05) is 18.1 Å². The highest BCUT2D eigenvalue weighted by atomic mass is 16.5. The van der Waals surface area contributed by atoms with Crippen LogP contribution in [0.15, 0.2) is 18.2 Å². The molecule has 1 aromatic rings. The summed E-state index contributed by atoms with van der Waals surface area (Å²) in [5.41, 5.74) is 6.50. The molecule has 0 saturated heterocycles. The Kier molecular flexibility index (Phi) is 7.01. The number of terminal acetylenes is 1. The first kappa shape index (κ1) is 15.9. The van der Waals surface area contributed by atoms with Crippen LogP contribution < -0.4 is 20.5 Å². The number of para-hydroxylation sites is 1. The molecular weight excluding hydrogens is 256 g/mol. The molecule has 0 radical (unpaired) electrons. The molecule has 0 aliphatic rings. The van der Waals surface area contributed by atoms with Crippen molar-refractivity contribution in [3.05, 3.63) is 23.8 Å². The number of carbonyl (C=O) groups is 1. The molecule has 0 heterocycles. The van der Waals surface area contributed by atoms with Crippen LogP contribution in [0.2, 0.25) is 0 Å². The van der Waals surface area contributed by atoms with Gasteiger partial charge in [-0.05, 0) is 31.5 Å². The molecule has 0 aromatic heterocycles. The second-order valence-corrected chi connectivity index (χ2v) is 3.99. The van der Waals surface area contributed by atoms with E-state index in [1.807, 2.05) is 19.1 Å². The lowest BCUT2D eigenvalue weighted by molar-refractivity contribution is -0.122. The van der Waals surface area contributed by atoms with Crippen molar-refractivity contribution < 1.29 is 14.3 Å². The Labute approximate surface area is 119 Å². The van der Waals surface area contributed by atoms with Crippen LogP contribution in [0.5, 0.6) is 11.5 Å². The maximum Gasteiger partial charge on any atom is 0.258 e. The van der Waals surface area contributed by atoms with E-state index in [1.165, 1.54) is 0 Å². The van der Waals surface area contributed by atoms with Gasteiger partial charge >= 0.3 is 0 Å². The number of rotatable bonds is 8. The van der Waals surface area contributed by atoms with Crippen LogP contribution in [0.4, 0.5) is 0 Å². The maximum absolute atomic E-state index is 11.5. The molecule has 0 aliphatic carbocycles. The van der Waals surface area contributed by atoms with Crippen LogP contribution in [0.3, 0.4) is 0 Å². The lowest BCUT2D eigenvalue weighted by atomic mass is 10.1. The van der Waals surface area contributed by atoms with Gasteiger partial charge in [-0.3, -0.25) is 4.79 Å². The predicted molar refractivity (Wildman–Crippen MR) is 77.7 cm³/mol. The average Bonchev–Trinajstić information content (AvgIpc) is 2.45. The monoisotopic (exact) mass is 276 g/mol. The van der Waals surface area contributed by atoms with Gasteiger partial charge in [0.05, 0.1) is 13.2 Å². The molecule has 0 bridgehead atoms. The van der Waals surface area contributed by atoms with Crippen LogP contribution in [-0.4, -0.2) is 32.2 Å². The molecule has 3 N–H and O–H groups in total. The summed E-state index contributed by atoms with van der Waals surface area (Å²) in [5.74, 6) is 3.24. The fourth-order valence-electron chi connectivity index (χ4n) is 1.69.